The van der Waals surface area contributed by atoms with Crippen molar-refractivity contribution < 1.29 is 32.6 Å². The number of hydrogen-bond acceptors (Lipinski definition) is 4. The third-order valence-corrected chi connectivity index (χ3v) is 6.99. The lowest BCUT2D eigenvalue weighted by molar-refractivity contribution is -0.192. The molecular formula is C24H33F3N2O4. The van der Waals surface area contributed by atoms with Gasteiger partial charge in [-0.05, 0) is 67.8 Å². The topological polar surface area (TPSA) is 70.1 Å². The molecule has 33 heavy (non-hydrogen) atoms. The molecule has 1 N–H and O–H groups in total. The van der Waals surface area contributed by atoms with E-state index in [-0.39, 0.29) is 0 Å². The van der Waals surface area contributed by atoms with E-state index in [1.165, 1.54) is 50.0 Å². The number of likely N-dealkylation sites (tertiary alicyclic amines) is 1. The van der Waals surface area contributed by atoms with Gasteiger partial charge in [0.1, 0.15) is 0 Å². The second-order valence-electron chi connectivity index (χ2n) is 9.11. The lowest BCUT2D eigenvalue weighted by Crippen LogP contribution is -2.42. The normalized spacial score (nSPS) is 22.4. The summed E-state index contributed by atoms with van der Waals surface area (Å²) in [7, 11) is 0. The Kier molecular flexibility index (Phi) is 8.39. The van der Waals surface area contributed by atoms with E-state index in [4.69, 9.17) is 14.6 Å². The maximum atomic E-state index is 12.8. The third kappa shape index (κ3) is 6.26. The average Bonchev–Trinajstić information content (AvgIpc) is 3.09. The Morgan fingerprint density at radius 3 is 2.30 bits per heavy atom. The molecule has 1 aromatic carbocycles. The Hall–Kier alpha value is -2.13. The Morgan fingerprint density at radius 1 is 1.12 bits per heavy atom. The van der Waals surface area contributed by atoms with Gasteiger partial charge in [-0.2, -0.15) is 13.2 Å². The molecule has 2 fully saturated rings. The molecule has 0 aromatic heterocycles. The van der Waals surface area contributed by atoms with Crippen LogP contribution in [-0.2, 0) is 19.7 Å². The first-order valence-corrected chi connectivity index (χ1v) is 11.6. The van der Waals surface area contributed by atoms with Gasteiger partial charge in [-0.25, -0.2) is 4.79 Å². The summed E-state index contributed by atoms with van der Waals surface area (Å²) in [6.07, 6.45) is 0.457. The molecule has 2 saturated heterocycles. The monoisotopic (exact) mass is 470 g/mol. The smallest absolute Gasteiger partial charge is 0.475 e. The number of carbonyl (C=O) groups is 2. The van der Waals surface area contributed by atoms with Crippen LogP contribution in [0.4, 0.5) is 13.2 Å². The minimum Gasteiger partial charge on any atom is -0.475 e. The Bertz CT molecular complexity index is 816. The Morgan fingerprint density at radius 2 is 1.73 bits per heavy atom. The van der Waals surface area contributed by atoms with Gasteiger partial charge in [0.25, 0.3) is 0 Å². The summed E-state index contributed by atoms with van der Waals surface area (Å²) in [5.74, 6) is -2.06. The molecule has 1 atom stereocenters. The van der Waals surface area contributed by atoms with Crippen LogP contribution in [0.5, 0.6) is 0 Å². The molecule has 1 spiro atoms. The maximum absolute atomic E-state index is 12.8. The van der Waals surface area contributed by atoms with Gasteiger partial charge in [-0.1, -0.05) is 31.2 Å². The van der Waals surface area contributed by atoms with Crippen molar-refractivity contribution in [2.24, 2.45) is 0 Å². The fourth-order valence-corrected chi connectivity index (χ4v) is 5.36. The van der Waals surface area contributed by atoms with Crippen LogP contribution in [0, 0.1) is 0 Å². The molecule has 0 saturated carbocycles. The van der Waals surface area contributed by atoms with E-state index < -0.39 is 12.1 Å². The van der Waals surface area contributed by atoms with Gasteiger partial charge in [0.15, 0.2) is 0 Å². The number of alkyl halides is 3. The lowest BCUT2D eigenvalue weighted by atomic mass is 9.73. The number of piperidine rings is 1. The molecule has 0 radical (unpaired) electrons. The van der Waals surface area contributed by atoms with Crippen LogP contribution in [0.1, 0.15) is 56.1 Å². The van der Waals surface area contributed by atoms with Crippen molar-refractivity contribution in [1.29, 1.82) is 0 Å². The van der Waals surface area contributed by atoms with Gasteiger partial charge < -0.3 is 19.6 Å². The number of nitrogens with zero attached hydrogens (tertiary/aromatic N) is 2. The van der Waals surface area contributed by atoms with E-state index in [9.17, 15) is 18.0 Å². The van der Waals surface area contributed by atoms with Crippen molar-refractivity contribution in [2.45, 2.75) is 56.5 Å². The zero-order chi connectivity index (χ0) is 24.1. The molecule has 1 aromatic rings. The van der Waals surface area contributed by atoms with Crippen molar-refractivity contribution >= 4 is 11.9 Å². The van der Waals surface area contributed by atoms with Gasteiger partial charge in [0.2, 0.25) is 5.91 Å². The number of hydrogen-bond donors (Lipinski definition) is 1. The molecule has 2 heterocycles. The van der Waals surface area contributed by atoms with E-state index >= 15 is 0 Å². The van der Waals surface area contributed by atoms with E-state index in [0.29, 0.717) is 36.9 Å². The Balaban J connectivity index is 0.000000383. The van der Waals surface area contributed by atoms with Crippen molar-refractivity contribution in [3.8, 4) is 0 Å². The average molecular weight is 471 g/mol. The number of carbonyl (C=O) groups excluding carboxylic acids is 1. The maximum Gasteiger partial charge on any atom is 0.490 e. The zero-order valence-corrected chi connectivity index (χ0v) is 19.1. The number of rotatable bonds is 4. The number of halogens is 3. The number of fused-ring (bicyclic) bond motifs is 2. The lowest BCUT2D eigenvalue weighted by Gasteiger charge is -2.40. The highest BCUT2D eigenvalue weighted by Crippen LogP contribution is 2.52. The van der Waals surface area contributed by atoms with Gasteiger partial charge in [0, 0.05) is 19.5 Å². The zero-order valence-electron chi connectivity index (χ0n) is 19.1. The molecule has 2 aliphatic heterocycles. The molecule has 184 valence electrons. The summed E-state index contributed by atoms with van der Waals surface area (Å²) in [5.41, 5.74) is 3.28. The van der Waals surface area contributed by atoms with E-state index in [0.717, 1.165) is 19.5 Å². The second kappa shape index (κ2) is 10.9. The SMILES string of the molecule is CCCN1CCC2(CC1)CC(CC(=O)N1CCOCC1)c1ccccc12.O=C(O)C(F)(F)F. The first-order chi connectivity index (χ1) is 15.7. The first-order valence-electron chi connectivity index (χ1n) is 11.6. The summed E-state index contributed by atoms with van der Waals surface area (Å²) >= 11 is 0. The highest BCUT2D eigenvalue weighted by atomic mass is 19.4. The van der Waals surface area contributed by atoms with Crippen LogP contribution in [0.15, 0.2) is 24.3 Å². The number of morpholine rings is 1. The molecule has 1 aliphatic carbocycles. The number of amides is 1. The highest BCUT2D eigenvalue weighted by molar-refractivity contribution is 5.77. The van der Waals surface area contributed by atoms with Crippen molar-refractivity contribution in [2.75, 3.05) is 45.9 Å². The van der Waals surface area contributed by atoms with Gasteiger partial charge in [-0.15, -0.1) is 0 Å². The summed E-state index contributed by atoms with van der Waals surface area (Å²) < 4.78 is 37.1. The van der Waals surface area contributed by atoms with Crippen LogP contribution >= 0.6 is 0 Å². The summed E-state index contributed by atoms with van der Waals surface area (Å²) in [6, 6.07) is 8.95. The molecule has 1 amide bonds. The minimum absolute atomic E-state index is 0.302. The number of ether oxygens (including phenoxy) is 1. The van der Waals surface area contributed by atoms with Crippen LogP contribution in [-0.4, -0.2) is 78.9 Å². The molecular weight excluding hydrogens is 437 g/mol. The van der Waals surface area contributed by atoms with Crippen LogP contribution in [0.2, 0.25) is 0 Å². The number of benzene rings is 1. The van der Waals surface area contributed by atoms with Gasteiger partial charge in [-0.3, -0.25) is 4.79 Å². The minimum atomic E-state index is -5.08. The molecule has 0 bridgehead atoms. The molecule has 3 aliphatic rings. The van der Waals surface area contributed by atoms with Crippen LogP contribution in [0.25, 0.3) is 0 Å². The highest BCUT2D eigenvalue weighted by Gasteiger charge is 2.45. The standard InChI is InChI=1S/C22H32N2O2.C2HF3O2/c1-2-9-23-10-7-22(8-11-23)17-18(19-5-3-4-6-20(19)22)16-21(25)24-12-14-26-15-13-24;3-2(4,5)1(6)7/h3-6,18H,2,7-17H2,1H3;(H,6,7). The predicted octanol–water partition coefficient (Wildman–Crippen LogP) is 3.80. The van der Waals surface area contributed by atoms with E-state index in [1.54, 1.807) is 0 Å². The van der Waals surface area contributed by atoms with Gasteiger partial charge in [0.05, 0.1) is 13.2 Å². The molecule has 9 heteroatoms. The molecule has 6 nitrogen and oxygen atoms in total. The quantitative estimate of drug-likeness (QED) is 0.725. The van der Waals surface area contributed by atoms with E-state index in [1.807, 2.05) is 4.90 Å². The summed E-state index contributed by atoms with van der Waals surface area (Å²) in [6.45, 7) is 8.76. The van der Waals surface area contributed by atoms with Crippen molar-refractivity contribution in [3.05, 3.63) is 35.4 Å². The second-order valence-corrected chi connectivity index (χ2v) is 9.11. The fraction of sp³-hybridized carbons (Fsp3) is 0.667. The largest absolute Gasteiger partial charge is 0.490 e. The summed E-state index contributed by atoms with van der Waals surface area (Å²) in [4.78, 5) is 26.3. The van der Waals surface area contributed by atoms with Crippen molar-refractivity contribution in [3.63, 3.8) is 0 Å². The van der Waals surface area contributed by atoms with Crippen molar-refractivity contribution in [1.82, 2.24) is 9.80 Å². The van der Waals surface area contributed by atoms with Crippen LogP contribution < -0.4 is 0 Å². The third-order valence-electron chi connectivity index (χ3n) is 6.99. The van der Waals surface area contributed by atoms with E-state index in [2.05, 4.69) is 36.1 Å². The summed E-state index contributed by atoms with van der Waals surface area (Å²) in [5, 5.41) is 7.12. The first kappa shape index (κ1) is 25.5. The Labute approximate surface area is 192 Å². The molecule has 4 rings (SSSR count). The number of carboxylic acids is 1. The fourth-order valence-electron chi connectivity index (χ4n) is 5.36. The van der Waals surface area contributed by atoms with Crippen LogP contribution in [0.3, 0.4) is 0 Å². The predicted molar refractivity (Wildman–Crippen MR) is 117 cm³/mol. The van der Waals surface area contributed by atoms with Gasteiger partial charge >= 0.3 is 12.1 Å². The number of aliphatic carboxylic acids is 1. The number of carboxylic acid groups (broad SMARTS) is 1. The molecule has 1 unspecified atom stereocenters.